The van der Waals surface area contributed by atoms with Gasteiger partial charge in [0.25, 0.3) is 0 Å². The van der Waals surface area contributed by atoms with Gasteiger partial charge in [0, 0.05) is 26.9 Å². The van der Waals surface area contributed by atoms with Gasteiger partial charge in [0.2, 0.25) is 0 Å². The Morgan fingerprint density at radius 1 is 1.33 bits per heavy atom. The molecule has 2 rings (SSSR count). The van der Waals surface area contributed by atoms with E-state index < -0.39 is 15.7 Å². The number of benzene rings is 1. The summed E-state index contributed by atoms with van der Waals surface area (Å²) in [6.07, 6.45) is 1.60. The minimum absolute atomic E-state index is 0.0566. The van der Waals surface area contributed by atoms with Gasteiger partial charge in [-0.1, -0.05) is 40.6 Å². The molecule has 0 saturated heterocycles. The van der Waals surface area contributed by atoms with E-state index in [4.69, 9.17) is 23.2 Å². The van der Waals surface area contributed by atoms with Crippen molar-refractivity contribution in [3.8, 4) is 0 Å². The van der Waals surface area contributed by atoms with Gasteiger partial charge in [0.15, 0.2) is 0 Å². The molecule has 4 nitrogen and oxygen atoms in total. The van der Waals surface area contributed by atoms with Crippen LogP contribution in [0.3, 0.4) is 0 Å². The standard InChI is InChI=1S/C13H9Cl2NO3S2/c14-11-2-1-10(12(15)6-11)8-21(19)4-3-9-5-13(16(17)18)20-7-9/h1-7H,8H2/b4-3+. The molecule has 0 spiro atoms. The molecule has 0 saturated carbocycles. The molecule has 0 N–H and O–H groups in total. The Bertz CT molecular complexity index is 728. The maximum Gasteiger partial charge on any atom is 0.324 e. The monoisotopic (exact) mass is 361 g/mol. The van der Waals surface area contributed by atoms with Crippen molar-refractivity contribution in [2.45, 2.75) is 5.75 Å². The van der Waals surface area contributed by atoms with Crippen LogP contribution < -0.4 is 0 Å². The zero-order chi connectivity index (χ0) is 15.4. The molecule has 0 aliphatic heterocycles. The highest BCUT2D eigenvalue weighted by molar-refractivity contribution is 7.87. The molecule has 2 aromatic rings. The van der Waals surface area contributed by atoms with Crippen molar-refractivity contribution in [2.75, 3.05) is 0 Å². The van der Waals surface area contributed by atoms with Crippen molar-refractivity contribution in [1.29, 1.82) is 0 Å². The van der Waals surface area contributed by atoms with Crippen molar-refractivity contribution >= 4 is 56.4 Å². The summed E-state index contributed by atoms with van der Waals surface area (Å²) in [5, 5.41) is 14.8. The van der Waals surface area contributed by atoms with Crippen molar-refractivity contribution in [3.05, 3.63) is 66.3 Å². The van der Waals surface area contributed by atoms with Crippen LogP contribution in [0.5, 0.6) is 0 Å². The van der Waals surface area contributed by atoms with Crippen LogP contribution in [0.4, 0.5) is 5.00 Å². The van der Waals surface area contributed by atoms with E-state index in [1.165, 1.54) is 11.5 Å². The minimum atomic E-state index is -1.26. The molecule has 21 heavy (non-hydrogen) atoms. The van der Waals surface area contributed by atoms with Gasteiger partial charge in [0.1, 0.15) is 0 Å². The van der Waals surface area contributed by atoms with E-state index in [1.54, 1.807) is 29.7 Å². The fraction of sp³-hybridized carbons (Fsp3) is 0.0769. The zero-order valence-corrected chi connectivity index (χ0v) is 13.6. The van der Waals surface area contributed by atoms with Gasteiger partial charge in [0.05, 0.1) is 21.5 Å². The molecule has 1 heterocycles. The van der Waals surface area contributed by atoms with Crippen LogP contribution in [0.1, 0.15) is 11.1 Å². The van der Waals surface area contributed by atoms with Gasteiger partial charge in [-0.15, -0.1) is 0 Å². The average molecular weight is 362 g/mol. The number of hydrogen-bond donors (Lipinski definition) is 0. The third-order valence-corrected chi connectivity index (χ3v) is 5.03. The van der Waals surface area contributed by atoms with Crippen LogP contribution in [0.2, 0.25) is 10.0 Å². The van der Waals surface area contributed by atoms with E-state index in [2.05, 4.69) is 0 Å². The second kappa shape index (κ2) is 7.17. The quantitative estimate of drug-likeness (QED) is 0.562. The SMILES string of the molecule is O=[N+]([O-])c1cc(/C=C/S(=O)Cc2ccc(Cl)cc2Cl)cs1. The Balaban J connectivity index is 2.03. The van der Waals surface area contributed by atoms with E-state index in [1.807, 2.05) is 0 Å². The first-order valence-electron chi connectivity index (χ1n) is 5.68. The van der Waals surface area contributed by atoms with Gasteiger partial charge in [-0.25, -0.2) is 0 Å². The second-order valence-electron chi connectivity index (χ2n) is 4.04. The van der Waals surface area contributed by atoms with Gasteiger partial charge in [-0.2, -0.15) is 0 Å². The smallest absolute Gasteiger partial charge is 0.258 e. The lowest BCUT2D eigenvalue weighted by Gasteiger charge is -2.02. The fourth-order valence-corrected chi connectivity index (χ4v) is 3.73. The van der Waals surface area contributed by atoms with E-state index in [0.29, 0.717) is 15.6 Å². The molecule has 1 atom stereocenters. The third kappa shape index (κ3) is 4.64. The molecule has 0 aliphatic carbocycles. The summed E-state index contributed by atoms with van der Waals surface area (Å²) in [7, 11) is -1.26. The maximum atomic E-state index is 12.0. The summed E-state index contributed by atoms with van der Waals surface area (Å²) in [5.41, 5.74) is 1.39. The summed E-state index contributed by atoms with van der Waals surface area (Å²) < 4.78 is 12.0. The fourth-order valence-electron chi connectivity index (χ4n) is 1.52. The van der Waals surface area contributed by atoms with E-state index >= 15 is 0 Å². The predicted molar refractivity (Wildman–Crippen MR) is 88.3 cm³/mol. The maximum absolute atomic E-state index is 12.0. The number of thiophene rings is 1. The van der Waals surface area contributed by atoms with Crippen molar-refractivity contribution in [2.24, 2.45) is 0 Å². The van der Waals surface area contributed by atoms with Crippen LogP contribution in [0, 0.1) is 10.1 Å². The molecule has 0 aliphatic rings. The van der Waals surface area contributed by atoms with Crippen LogP contribution in [-0.2, 0) is 16.6 Å². The highest BCUT2D eigenvalue weighted by Crippen LogP contribution is 2.24. The van der Waals surface area contributed by atoms with E-state index in [9.17, 15) is 14.3 Å². The highest BCUT2D eigenvalue weighted by atomic mass is 35.5. The minimum Gasteiger partial charge on any atom is -0.258 e. The Kier molecular flexibility index (Phi) is 5.52. The molecule has 8 heteroatoms. The molecule has 0 bridgehead atoms. The molecule has 0 amide bonds. The number of rotatable bonds is 5. The average Bonchev–Trinajstić information content (AvgIpc) is 2.89. The summed E-state index contributed by atoms with van der Waals surface area (Å²) in [6, 6.07) is 6.45. The highest BCUT2D eigenvalue weighted by Gasteiger charge is 2.08. The summed E-state index contributed by atoms with van der Waals surface area (Å²) in [6.45, 7) is 0. The molecule has 0 fully saturated rings. The van der Waals surface area contributed by atoms with Crippen LogP contribution in [-0.4, -0.2) is 9.13 Å². The molecular formula is C13H9Cl2NO3S2. The Morgan fingerprint density at radius 2 is 2.10 bits per heavy atom. The van der Waals surface area contributed by atoms with Gasteiger partial charge < -0.3 is 0 Å². The first kappa shape index (κ1) is 16.2. The lowest BCUT2D eigenvalue weighted by Crippen LogP contribution is -1.92. The summed E-state index contributed by atoms with van der Waals surface area (Å²) in [4.78, 5) is 10.1. The molecular weight excluding hydrogens is 353 g/mol. The van der Waals surface area contributed by atoms with Gasteiger partial charge in [-0.05, 0) is 29.3 Å². The topological polar surface area (TPSA) is 60.2 Å². The normalized spacial score (nSPS) is 12.7. The number of hydrogen-bond acceptors (Lipinski definition) is 4. The Labute approximate surface area is 137 Å². The summed E-state index contributed by atoms with van der Waals surface area (Å²) >= 11 is 12.8. The van der Waals surface area contributed by atoms with Gasteiger partial charge in [-0.3, -0.25) is 14.3 Å². The van der Waals surface area contributed by atoms with Crippen molar-refractivity contribution in [1.82, 2.24) is 0 Å². The van der Waals surface area contributed by atoms with Crippen LogP contribution >= 0.6 is 34.5 Å². The largest absolute Gasteiger partial charge is 0.324 e. The Morgan fingerprint density at radius 3 is 2.71 bits per heavy atom. The predicted octanol–water partition coefficient (Wildman–Crippen LogP) is 4.88. The number of halogens is 2. The lowest BCUT2D eigenvalue weighted by molar-refractivity contribution is -0.380. The molecule has 110 valence electrons. The van der Waals surface area contributed by atoms with E-state index in [-0.39, 0.29) is 10.8 Å². The van der Waals surface area contributed by atoms with Crippen molar-refractivity contribution in [3.63, 3.8) is 0 Å². The van der Waals surface area contributed by atoms with Gasteiger partial charge >= 0.3 is 5.00 Å². The first-order chi connectivity index (χ1) is 9.95. The first-order valence-corrected chi connectivity index (χ1v) is 8.69. The number of nitro groups is 1. The van der Waals surface area contributed by atoms with Crippen LogP contribution in [0.25, 0.3) is 6.08 Å². The molecule has 1 aromatic carbocycles. The third-order valence-electron chi connectivity index (χ3n) is 2.51. The lowest BCUT2D eigenvalue weighted by atomic mass is 10.2. The Hall–Kier alpha value is -1.21. The second-order valence-corrected chi connectivity index (χ2v) is 7.09. The van der Waals surface area contributed by atoms with E-state index in [0.717, 1.165) is 16.9 Å². The molecule has 0 radical (unpaired) electrons. The van der Waals surface area contributed by atoms with Crippen molar-refractivity contribution < 1.29 is 9.13 Å². The zero-order valence-electron chi connectivity index (χ0n) is 10.5. The van der Waals surface area contributed by atoms with Crippen LogP contribution in [0.15, 0.2) is 35.1 Å². The molecule has 1 unspecified atom stereocenters. The summed E-state index contributed by atoms with van der Waals surface area (Å²) in [5.74, 6) is 0.263. The molecule has 1 aromatic heterocycles. The number of nitrogens with zero attached hydrogens (tertiary/aromatic N) is 1.